The number of rotatable bonds is 7. The highest BCUT2D eigenvalue weighted by atomic mass is 35.5. The summed E-state index contributed by atoms with van der Waals surface area (Å²) in [5, 5.41) is 3.61. The molecule has 4 rings (SSSR count). The summed E-state index contributed by atoms with van der Waals surface area (Å²) in [6.45, 7) is 0. The van der Waals surface area contributed by atoms with Crippen molar-refractivity contribution >= 4 is 35.0 Å². The highest BCUT2D eigenvalue weighted by Crippen LogP contribution is 2.34. The number of carbonyl (C=O) groups is 1. The number of methoxy groups -OCH3 is 1. The molecule has 0 bridgehead atoms. The molecule has 0 radical (unpaired) electrons. The molecule has 1 amide bonds. The maximum atomic E-state index is 13.4. The average molecular weight is 518 g/mol. The summed E-state index contributed by atoms with van der Waals surface area (Å²) in [5.41, 5.74) is 1.35. The highest BCUT2D eigenvalue weighted by molar-refractivity contribution is 7.99. The molecule has 35 heavy (non-hydrogen) atoms. The van der Waals surface area contributed by atoms with Crippen LogP contribution in [0.1, 0.15) is 5.56 Å². The van der Waals surface area contributed by atoms with Crippen LogP contribution in [-0.4, -0.2) is 28.3 Å². The number of halogens is 4. The predicted molar refractivity (Wildman–Crippen MR) is 131 cm³/mol. The molecule has 0 saturated heterocycles. The van der Waals surface area contributed by atoms with E-state index in [-0.39, 0.29) is 17.3 Å². The topological polar surface area (TPSA) is 56.1 Å². The molecule has 1 aromatic heterocycles. The zero-order valence-corrected chi connectivity index (χ0v) is 19.9. The van der Waals surface area contributed by atoms with Gasteiger partial charge in [0, 0.05) is 22.0 Å². The third-order valence-corrected chi connectivity index (χ3v) is 6.18. The minimum atomic E-state index is -4.50. The number of amides is 1. The number of hydrogen-bond donors (Lipinski definition) is 1. The van der Waals surface area contributed by atoms with Crippen LogP contribution in [0, 0.1) is 0 Å². The number of benzene rings is 3. The maximum absolute atomic E-state index is 13.4. The zero-order chi connectivity index (χ0) is 25.0. The number of hydrogen-bond acceptors (Lipinski definition) is 4. The van der Waals surface area contributed by atoms with Gasteiger partial charge in [-0.2, -0.15) is 13.2 Å². The lowest BCUT2D eigenvalue weighted by Crippen LogP contribution is -2.14. The van der Waals surface area contributed by atoms with E-state index in [0.717, 1.165) is 29.5 Å². The molecule has 0 aliphatic heterocycles. The minimum Gasteiger partial charge on any atom is -0.497 e. The summed E-state index contributed by atoms with van der Waals surface area (Å²) in [6.07, 6.45) is -2.93. The maximum Gasteiger partial charge on any atom is 0.416 e. The van der Waals surface area contributed by atoms with Crippen molar-refractivity contribution in [3.8, 4) is 22.7 Å². The van der Waals surface area contributed by atoms with E-state index in [1.165, 1.54) is 6.07 Å². The summed E-state index contributed by atoms with van der Waals surface area (Å²) in [4.78, 5) is 16.9. The Hall–Kier alpha value is -3.43. The standard InChI is InChI=1S/C25H19ClF3N3O2S/c1-34-21-10-8-16(9-11-21)22-14-30-24(32(22)20-7-2-4-17(12-20)25(27,28)29)35-15-23(33)31-19-6-3-5-18(26)13-19/h2-14H,15H2,1H3,(H,31,33). The Morgan fingerprint density at radius 2 is 1.83 bits per heavy atom. The van der Waals surface area contributed by atoms with Crippen LogP contribution in [0.25, 0.3) is 16.9 Å². The van der Waals surface area contributed by atoms with Gasteiger partial charge in [-0.1, -0.05) is 35.5 Å². The van der Waals surface area contributed by atoms with Gasteiger partial charge in [-0.25, -0.2) is 4.98 Å². The van der Waals surface area contributed by atoms with E-state index in [1.54, 1.807) is 72.5 Å². The Balaban J connectivity index is 1.66. The van der Waals surface area contributed by atoms with E-state index >= 15 is 0 Å². The van der Waals surface area contributed by atoms with Crippen LogP contribution in [0.4, 0.5) is 18.9 Å². The fourth-order valence-electron chi connectivity index (χ4n) is 3.37. The molecule has 5 nitrogen and oxygen atoms in total. The monoisotopic (exact) mass is 517 g/mol. The molecule has 3 aromatic carbocycles. The average Bonchev–Trinajstić information content (AvgIpc) is 3.26. The SMILES string of the molecule is COc1ccc(-c2cnc(SCC(=O)Nc3cccc(Cl)c3)n2-c2cccc(C(F)(F)F)c2)cc1. The van der Waals surface area contributed by atoms with Crippen molar-refractivity contribution in [2.24, 2.45) is 0 Å². The number of carbonyl (C=O) groups excluding carboxylic acids is 1. The summed E-state index contributed by atoms with van der Waals surface area (Å²) in [7, 11) is 1.55. The largest absolute Gasteiger partial charge is 0.497 e. The first-order valence-corrected chi connectivity index (χ1v) is 11.7. The number of thioether (sulfide) groups is 1. The Morgan fingerprint density at radius 1 is 1.09 bits per heavy atom. The van der Waals surface area contributed by atoms with Gasteiger partial charge in [0.1, 0.15) is 5.75 Å². The van der Waals surface area contributed by atoms with Crippen LogP contribution >= 0.6 is 23.4 Å². The third kappa shape index (κ3) is 5.98. The van der Waals surface area contributed by atoms with Crippen molar-refractivity contribution < 1.29 is 22.7 Å². The van der Waals surface area contributed by atoms with E-state index in [2.05, 4.69) is 10.3 Å². The molecule has 180 valence electrons. The minimum absolute atomic E-state index is 0.00938. The van der Waals surface area contributed by atoms with Gasteiger partial charge in [-0.15, -0.1) is 0 Å². The summed E-state index contributed by atoms with van der Waals surface area (Å²) in [5.74, 6) is 0.331. The second-order valence-electron chi connectivity index (χ2n) is 7.39. The van der Waals surface area contributed by atoms with Gasteiger partial charge in [-0.05, 0) is 60.7 Å². The lowest BCUT2D eigenvalue weighted by Gasteiger charge is -2.15. The summed E-state index contributed by atoms with van der Waals surface area (Å²) in [6, 6.07) is 18.8. The number of anilines is 1. The first-order chi connectivity index (χ1) is 16.7. The molecule has 0 aliphatic carbocycles. The molecular weight excluding hydrogens is 499 g/mol. The zero-order valence-electron chi connectivity index (χ0n) is 18.3. The lowest BCUT2D eigenvalue weighted by molar-refractivity contribution is -0.137. The molecule has 0 unspecified atom stereocenters. The van der Waals surface area contributed by atoms with Crippen LogP contribution in [0.3, 0.4) is 0 Å². The first kappa shape index (κ1) is 24.7. The van der Waals surface area contributed by atoms with Crippen molar-refractivity contribution in [1.29, 1.82) is 0 Å². The number of ether oxygens (including phenoxy) is 1. The van der Waals surface area contributed by atoms with Gasteiger partial charge in [-0.3, -0.25) is 9.36 Å². The van der Waals surface area contributed by atoms with E-state index in [0.29, 0.717) is 27.3 Å². The molecular formula is C25H19ClF3N3O2S. The number of alkyl halides is 3. The first-order valence-electron chi connectivity index (χ1n) is 10.3. The molecule has 0 spiro atoms. The number of imidazole rings is 1. The Morgan fingerprint density at radius 3 is 2.51 bits per heavy atom. The third-order valence-electron chi connectivity index (χ3n) is 4.99. The smallest absolute Gasteiger partial charge is 0.416 e. The van der Waals surface area contributed by atoms with E-state index < -0.39 is 11.7 Å². The van der Waals surface area contributed by atoms with Gasteiger partial charge >= 0.3 is 6.18 Å². The van der Waals surface area contributed by atoms with Gasteiger partial charge in [0.2, 0.25) is 5.91 Å². The predicted octanol–water partition coefficient (Wildman–Crippen LogP) is 6.95. The molecule has 1 heterocycles. The quantitative estimate of drug-likeness (QED) is 0.269. The summed E-state index contributed by atoms with van der Waals surface area (Å²) >= 11 is 7.07. The molecule has 1 N–H and O–H groups in total. The molecule has 0 saturated carbocycles. The van der Waals surface area contributed by atoms with Crippen molar-refractivity contribution in [3.63, 3.8) is 0 Å². The molecule has 0 atom stereocenters. The molecule has 4 aromatic rings. The van der Waals surface area contributed by atoms with Crippen molar-refractivity contribution in [1.82, 2.24) is 9.55 Å². The number of nitrogens with zero attached hydrogens (tertiary/aromatic N) is 2. The van der Waals surface area contributed by atoms with E-state index in [9.17, 15) is 18.0 Å². The van der Waals surface area contributed by atoms with Crippen LogP contribution < -0.4 is 10.1 Å². The molecule has 0 aliphatic rings. The number of aromatic nitrogens is 2. The normalized spacial score (nSPS) is 11.3. The van der Waals surface area contributed by atoms with E-state index in [4.69, 9.17) is 16.3 Å². The summed E-state index contributed by atoms with van der Waals surface area (Å²) < 4.78 is 47.0. The van der Waals surface area contributed by atoms with Crippen LogP contribution in [0.2, 0.25) is 5.02 Å². The van der Waals surface area contributed by atoms with Crippen LogP contribution in [0.15, 0.2) is 84.1 Å². The fraction of sp³-hybridized carbons (Fsp3) is 0.120. The molecule has 0 fully saturated rings. The number of nitrogens with one attached hydrogen (secondary N) is 1. The van der Waals surface area contributed by atoms with Gasteiger partial charge in [0.15, 0.2) is 5.16 Å². The Kier molecular flexibility index (Phi) is 7.37. The van der Waals surface area contributed by atoms with Crippen LogP contribution in [-0.2, 0) is 11.0 Å². The van der Waals surface area contributed by atoms with Gasteiger partial charge in [0.25, 0.3) is 0 Å². The second-order valence-corrected chi connectivity index (χ2v) is 8.76. The van der Waals surface area contributed by atoms with Gasteiger partial charge < -0.3 is 10.1 Å². The fourth-order valence-corrected chi connectivity index (χ4v) is 4.35. The second kappa shape index (κ2) is 10.5. The highest BCUT2D eigenvalue weighted by Gasteiger charge is 2.31. The lowest BCUT2D eigenvalue weighted by atomic mass is 10.1. The Bertz CT molecular complexity index is 1340. The van der Waals surface area contributed by atoms with Crippen molar-refractivity contribution in [2.45, 2.75) is 11.3 Å². The van der Waals surface area contributed by atoms with Crippen molar-refractivity contribution in [3.05, 3.63) is 89.6 Å². The van der Waals surface area contributed by atoms with Gasteiger partial charge in [0.05, 0.1) is 30.3 Å². The van der Waals surface area contributed by atoms with Crippen molar-refractivity contribution in [2.75, 3.05) is 18.2 Å². The van der Waals surface area contributed by atoms with Crippen LogP contribution in [0.5, 0.6) is 5.75 Å². The Labute approximate surface area is 208 Å². The van der Waals surface area contributed by atoms with E-state index in [1.807, 2.05) is 0 Å². The molecule has 10 heteroatoms.